The smallest absolute Gasteiger partial charge is 0.155 e. The normalized spacial score (nSPS) is 10.1. The van der Waals surface area contributed by atoms with E-state index in [9.17, 15) is 4.79 Å². The molecule has 0 N–H and O–H groups in total. The molecule has 0 unspecified atom stereocenters. The van der Waals surface area contributed by atoms with Crippen LogP contribution in [0.4, 0.5) is 0 Å². The Morgan fingerprint density at radius 2 is 1.89 bits per heavy atom. The molecular weight excluding hydrogens is 363 g/mol. The molecule has 18 heavy (non-hydrogen) atoms. The fourth-order valence-corrected chi connectivity index (χ4v) is 2.07. The van der Waals surface area contributed by atoms with E-state index in [1.54, 1.807) is 18.2 Å². The third-order valence-electron chi connectivity index (χ3n) is 2.44. The predicted molar refractivity (Wildman–Crippen MR) is 80.3 cm³/mol. The molecule has 0 spiro atoms. The van der Waals surface area contributed by atoms with Gasteiger partial charge in [0, 0.05) is 3.57 Å². The SMILES string of the molecule is O=Cc1c(Cl)cccc1OCc1ccc(I)cc1. The van der Waals surface area contributed by atoms with Gasteiger partial charge in [-0.05, 0) is 52.4 Å². The first kappa shape index (κ1) is 13.4. The summed E-state index contributed by atoms with van der Waals surface area (Å²) in [7, 11) is 0. The van der Waals surface area contributed by atoms with Gasteiger partial charge in [0.2, 0.25) is 0 Å². The number of benzene rings is 2. The summed E-state index contributed by atoms with van der Waals surface area (Å²) in [6, 6.07) is 13.2. The number of carbonyl (C=O) groups is 1. The molecule has 2 aromatic carbocycles. The molecular formula is C14H10ClIO2. The molecule has 0 bridgehead atoms. The van der Waals surface area contributed by atoms with E-state index in [0.29, 0.717) is 29.2 Å². The highest BCUT2D eigenvalue weighted by atomic mass is 127. The first-order chi connectivity index (χ1) is 8.70. The van der Waals surface area contributed by atoms with Crippen molar-refractivity contribution in [3.8, 4) is 5.75 Å². The standard InChI is InChI=1S/C14H10ClIO2/c15-13-2-1-3-14(12(13)8-17)18-9-10-4-6-11(16)7-5-10/h1-8H,9H2. The van der Waals surface area contributed by atoms with Gasteiger partial charge in [-0.1, -0.05) is 29.8 Å². The van der Waals surface area contributed by atoms with Crippen molar-refractivity contribution in [3.63, 3.8) is 0 Å². The molecule has 0 aliphatic heterocycles. The maximum Gasteiger partial charge on any atom is 0.155 e. The highest BCUT2D eigenvalue weighted by Gasteiger charge is 2.07. The quantitative estimate of drug-likeness (QED) is 0.590. The van der Waals surface area contributed by atoms with Crippen LogP contribution < -0.4 is 4.74 Å². The van der Waals surface area contributed by atoms with Crippen LogP contribution in [0.2, 0.25) is 5.02 Å². The topological polar surface area (TPSA) is 26.3 Å². The zero-order valence-corrected chi connectivity index (χ0v) is 12.3. The Balaban J connectivity index is 2.13. The Morgan fingerprint density at radius 1 is 1.17 bits per heavy atom. The number of halogens is 2. The van der Waals surface area contributed by atoms with Gasteiger partial charge in [0.15, 0.2) is 6.29 Å². The van der Waals surface area contributed by atoms with Crippen LogP contribution in [-0.2, 0) is 6.61 Å². The van der Waals surface area contributed by atoms with Crippen LogP contribution >= 0.6 is 34.2 Å². The Hall–Kier alpha value is -1.07. The van der Waals surface area contributed by atoms with Gasteiger partial charge in [-0.15, -0.1) is 0 Å². The van der Waals surface area contributed by atoms with E-state index in [1.165, 1.54) is 3.57 Å². The summed E-state index contributed by atoms with van der Waals surface area (Å²) < 4.78 is 6.79. The summed E-state index contributed by atoms with van der Waals surface area (Å²) in [6.45, 7) is 0.415. The van der Waals surface area contributed by atoms with Crippen molar-refractivity contribution in [1.29, 1.82) is 0 Å². The van der Waals surface area contributed by atoms with Gasteiger partial charge in [-0.25, -0.2) is 0 Å². The van der Waals surface area contributed by atoms with Gasteiger partial charge in [-0.3, -0.25) is 4.79 Å². The zero-order chi connectivity index (χ0) is 13.0. The lowest BCUT2D eigenvalue weighted by molar-refractivity contribution is 0.111. The Bertz CT molecular complexity index is 552. The van der Waals surface area contributed by atoms with Crippen molar-refractivity contribution in [2.75, 3.05) is 0 Å². The zero-order valence-electron chi connectivity index (χ0n) is 9.40. The summed E-state index contributed by atoms with van der Waals surface area (Å²) >= 11 is 8.17. The van der Waals surface area contributed by atoms with E-state index in [1.807, 2.05) is 24.3 Å². The second-order valence-electron chi connectivity index (χ2n) is 3.68. The average Bonchev–Trinajstić information content (AvgIpc) is 2.38. The monoisotopic (exact) mass is 372 g/mol. The summed E-state index contributed by atoms with van der Waals surface area (Å²) in [6.07, 6.45) is 0.714. The highest BCUT2D eigenvalue weighted by molar-refractivity contribution is 14.1. The number of hydrogen-bond donors (Lipinski definition) is 0. The molecule has 2 rings (SSSR count). The molecule has 0 amide bonds. The van der Waals surface area contributed by atoms with E-state index >= 15 is 0 Å². The summed E-state index contributed by atoms with van der Waals surface area (Å²) in [5.74, 6) is 0.510. The van der Waals surface area contributed by atoms with Crippen LogP contribution in [0.25, 0.3) is 0 Å². The second kappa shape index (κ2) is 6.20. The fourth-order valence-electron chi connectivity index (χ4n) is 1.50. The van der Waals surface area contributed by atoms with Crippen LogP contribution in [0.15, 0.2) is 42.5 Å². The van der Waals surface area contributed by atoms with E-state index in [2.05, 4.69) is 22.6 Å². The summed E-state index contributed by atoms with van der Waals surface area (Å²) in [4.78, 5) is 10.9. The average molecular weight is 373 g/mol. The number of aldehydes is 1. The largest absolute Gasteiger partial charge is 0.488 e. The first-order valence-electron chi connectivity index (χ1n) is 5.31. The minimum Gasteiger partial charge on any atom is -0.488 e. The lowest BCUT2D eigenvalue weighted by Gasteiger charge is -2.09. The van der Waals surface area contributed by atoms with Gasteiger partial charge in [0.1, 0.15) is 12.4 Å². The second-order valence-corrected chi connectivity index (χ2v) is 5.34. The van der Waals surface area contributed by atoms with Crippen LogP contribution in [0.5, 0.6) is 5.75 Å². The van der Waals surface area contributed by atoms with Gasteiger partial charge in [0.05, 0.1) is 10.6 Å². The van der Waals surface area contributed by atoms with Crippen molar-refractivity contribution in [2.24, 2.45) is 0 Å². The van der Waals surface area contributed by atoms with Crippen molar-refractivity contribution in [3.05, 3.63) is 62.2 Å². The minimum absolute atomic E-state index is 0.393. The molecule has 0 fully saturated rings. The summed E-state index contributed by atoms with van der Waals surface area (Å²) in [5.41, 5.74) is 1.44. The third-order valence-corrected chi connectivity index (χ3v) is 3.49. The van der Waals surface area contributed by atoms with Crippen molar-refractivity contribution in [1.82, 2.24) is 0 Å². The number of rotatable bonds is 4. The van der Waals surface area contributed by atoms with Crippen molar-refractivity contribution >= 4 is 40.5 Å². The first-order valence-corrected chi connectivity index (χ1v) is 6.77. The van der Waals surface area contributed by atoms with Crippen LogP contribution in [0, 0.1) is 3.57 Å². The lowest BCUT2D eigenvalue weighted by Crippen LogP contribution is -1.98. The molecule has 0 saturated heterocycles. The Morgan fingerprint density at radius 3 is 2.56 bits per heavy atom. The van der Waals surface area contributed by atoms with Crippen LogP contribution in [0.1, 0.15) is 15.9 Å². The van der Waals surface area contributed by atoms with Gasteiger partial charge >= 0.3 is 0 Å². The molecule has 0 saturated carbocycles. The molecule has 0 aliphatic carbocycles. The third kappa shape index (κ3) is 3.23. The molecule has 0 radical (unpaired) electrons. The van der Waals surface area contributed by atoms with Gasteiger partial charge in [0.25, 0.3) is 0 Å². The number of carbonyl (C=O) groups excluding carboxylic acids is 1. The van der Waals surface area contributed by atoms with E-state index < -0.39 is 0 Å². The summed E-state index contributed by atoms with van der Waals surface area (Å²) in [5, 5.41) is 0.408. The molecule has 4 heteroatoms. The van der Waals surface area contributed by atoms with Crippen LogP contribution in [-0.4, -0.2) is 6.29 Å². The highest BCUT2D eigenvalue weighted by Crippen LogP contribution is 2.25. The molecule has 2 nitrogen and oxygen atoms in total. The van der Waals surface area contributed by atoms with E-state index in [0.717, 1.165) is 5.56 Å². The van der Waals surface area contributed by atoms with Gasteiger partial charge < -0.3 is 4.74 Å². The van der Waals surface area contributed by atoms with E-state index in [4.69, 9.17) is 16.3 Å². The lowest BCUT2D eigenvalue weighted by atomic mass is 10.2. The van der Waals surface area contributed by atoms with Crippen LogP contribution in [0.3, 0.4) is 0 Å². The minimum atomic E-state index is 0.393. The molecule has 0 atom stereocenters. The van der Waals surface area contributed by atoms with Crippen molar-refractivity contribution < 1.29 is 9.53 Å². The molecule has 0 aliphatic rings. The predicted octanol–water partition coefficient (Wildman–Crippen LogP) is 4.34. The Kier molecular flexibility index (Phi) is 4.60. The van der Waals surface area contributed by atoms with E-state index in [-0.39, 0.29) is 0 Å². The molecule has 2 aromatic rings. The molecule has 0 aromatic heterocycles. The maximum absolute atomic E-state index is 10.9. The fraction of sp³-hybridized carbons (Fsp3) is 0.0714. The number of hydrogen-bond acceptors (Lipinski definition) is 2. The molecule has 0 heterocycles. The maximum atomic E-state index is 10.9. The van der Waals surface area contributed by atoms with Gasteiger partial charge in [-0.2, -0.15) is 0 Å². The number of ether oxygens (including phenoxy) is 1. The van der Waals surface area contributed by atoms with Crippen molar-refractivity contribution in [2.45, 2.75) is 6.61 Å². The molecule has 92 valence electrons. The Labute approximate surface area is 124 Å².